The highest BCUT2D eigenvalue weighted by atomic mass is 16.3. The van der Waals surface area contributed by atoms with Gasteiger partial charge >= 0.3 is 0 Å². The maximum Gasteiger partial charge on any atom is 0.0823 e. The molecule has 3 atom stereocenters. The van der Waals surface area contributed by atoms with E-state index in [-0.39, 0.29) is 19.4 Å². The van der Waals surface area contributed by atoms with E-state index < -0.39 is 18.3 Å². The summed E-state index contributed by atoms with van der Waals surface area (Å²) in [5.74, 6) is 0. The summed E-state index contributed by atoms with van der Waals surface area (Å²) in [5.41, 5.74) is 0. The van der Waals surface area contributed by atoms with Gasteiger partial charge < -0.3 is 20.4 Å². The van der Waals surface area contributed by atoms with Crippen molar-refractivity contribution < 1.29 is 20.4 Å². The number of rotatable bonds is 7. The molecule has 0 fully saturated rings. The van der Waals surface area contributed by atoms with Crippen molar-refractivity contribution in [3.05, 3.63) is 0 Å². The Kier molecular flexibility index (Phi) is 7.17. The van der Waals surface area contributed by atoms with Gasteiger partial charge in [0.15, 0.2) is 0 Å². The summed E-state index contributed by atoms with van der Waals surface area (Å²) >= 11 is 0. The molecular weight excluding hydrogens is 172 g/mol. The third-order valence-corrected chi connectivity index (χ3v) is 2.00. The molecule has 0 heterocycles. The predicted octanol–water partition coefficient (Wildman–Crippen LogP) is -0.358. The van der Waals surface area contributed by atoms with E-state index in [0.717, 1.165) is 6.42 Å². The van der Waals surface area contributed by atoms with Crippen molar-refractivity contribution in [2.45, 2.75) is 50.9 Å². The van der Waals surface area contributed by atoms with E-state index in [1.807, 2.05) is 6.92 Å². The zero-order valence-electron chi connectivity index (χ0n) is 8.06. The molecule has 0 spiro atoms. The highest BCUT2D eigenvalue weighted by Crippen LogP contribution is 2.09. The smallest absolute Gasteiger partial charge is 0.0823 e. The lowest BCUT2D eigenvalue weighted by molar-refractivity contribution is -0.0195. The third kappa shape index (κ3) is 5.99. The molecule has 13 heavy (non-hydrogen) atoms. The van der Waals surface area contributed by atoms with Gasteiger partial charge in [-0.3, -0.25) is 0 Å². The number of aliphatic hydroxyl groups excluding tert-OH is 4. The summed E-state index contributed by atoms with van der Waals surface area (Å²) in [5, 5.41) is 36.4. The van der Waals surface area contributed by atoms with Crippen molar-refractivity contribution in [2.75, 3.05) is 6.61 Å². The van der Waals surface area contributed by atoms with Gasteiger partial charge in [0.05, 0.1) is 18.3 Å². The van der Waals surface area contributed by atoms with E-state index in [2.05, 4.69) is 0 Å². The van der Waals surface area contributed by atoms with Gasteiger partial charge in [0.2, 0.25) is 0 Å². The quantitative estimate of drug-likeness (QED) is 0.444. The van der Waals surface area contributed by atoms with Crippen LogP contribution in [0.5, 0.6) is 0 Å². The third-order valence-electron chi connectivity index (χ3n) is 2.00. The molecular formula is C9H20O4. The largest absolute Gasteiger partial charge is 0.396 e. The van der Waals surface area contributed by atoms with Crippen molar-refractivity contribution >= 4 is 0 Å². The minimum atomic E-state index is -0.888. The molecule has 0 amide bonds. The SMILES string of the molecule is CCCC(O)C(O)CC(O)CCO. The fourth-order valence-corrected chi connectivity index (χ4v) is 1.19. The predicted molar refractivity (Wildman–Crippen MR) is 49.2 cm³/mol. The summed E-state index contributed by atoms with van der Waals surface area (Å²) in [6, 6.07) is 0. The molecule has 0 aromatic carbocycles. The van der Waals surface area contributed by atoms with Gasteiger partial charge in [-0.25, -0.2) is 0 Å². The van der Waals surface area contributed by atoms with Gasteiger partial charge in [0.1, 0.15) is 0 Å². The van der Waals surface area contributed by atoms with Gasteiger partial charge in [-0.1, -0.05) is 13.3 Å². The van der Waals surface area contributed by atoms with Crippen LogP contribution in [0.1, 0.15) is 32.6 Å². The van der Waals surface area contributed by atoms with E-state index in [1.54, 1.807) is 0 Å². The fourth-order valence-electron chi connectivity index (χ4n) is 1.19. The van der Waals surface area contributed by atoms with Crippen LogP contribution in [0.4, 0.5) is 0 Å². The topological polar surface area (TPSA) is 80.9 Å². The van der Waals surface area contributed by atoms with E-state index in [1.165, 1.54) is 0 Å². The second-order valence-electron chi connectivity index (χ2n) is 3.33. The molecule has 0 bridgehead atoms. The lowest BCUT2D eigenvalue weighted by Gasteiger charge is -2.19. The Labute approximate surface area is 78.8 Å². The molecule has 3 unspecified atom stereocenters. The molecule has 0 aromatic heterocycles. The number of aliphatic hydroxyl groups is 4. The van der Waals surface area contributed by atoms with Gasteiger partial charge in [-0.2, -0.15) is 0 Å². The normalized spacial score (nSPS) is 18.2. The first-order valence-corrected chi connectivity index (χ1v) is 4.76. The van der Waals surface area contributed by atoms with Gasteiger partial charge in [-0.05, 0) is 12.8 Å². The molecule has 0 rings (SSSR count). The lowest BCUT2D eigenvalue weighted by Crippen LogP contribution is -2.30. The van der Waals surface area contributed by atoms with Crippen molar-refractivity contribution in [1.29, 1.82) is 0 Å². The molecule has 0 saturated heterocycles. The van der Waals surface area contributed by atoms with E-state index in [4.69, 9.17) is 5.11 Å². The average molecular weight is 192 g/mol. The minimum absolute atomic E-state index is 0.0994. The maximum absolute atomic E-state index is 9.35. The molecule has 4 heteroatoms. The van der Waals surface area contributed by atoms with Crippen LogP contribution < -0.4 is 0 Å². The summed E-state index contributed by atoms with van der Waals surface area (Å²) < 4.78 is 0. The first-order valence-electron chi connectivity index (χ1n) is 4.76. The van der Waals surface area contributed by atoms with Crippen LogP contribution in [-0.2, 0) is 0 Å². The van der Waals surface area contributed by atoms with Crippen LogP contribution in [0, 0.1) is 0 Å². The second kappa shape index (κ2) is 7.26. The van der Waals surface area contributed by atoms with Crippen molar-refractivity contribution in [3.8, 4) is 0 Å². The molecule has 0 radical (unpaired) electrons. The van der Waals surface area contributed by atoms with Crippen LogP contribution in [-0.4, -0.2) is 45.3 Å². The zero-order valence-corrected chi connectivity index (χ0v) is 8.06. The first-order chi connectivity index (χ1) is 6.11. The van der Waals surface area contributed by atoms with Crippen LogP contribution in [0.15, 0.2) is 0 Å². The molecule has 80 valence electrons. The van der Waals surface area contributed by atoms with Crippen LogP contribution in [0.25, 0.3) is 0 Å². The summed E-state index contributed by atoms with van der Waals surface area (Å²) in [4.78, 5) is 0. The Morgan fingerprint density at radius 3 is 2.08 bits per heavy atom. The summed E-state index contributed by atoms with van der Waals surface area (Å²) in [6.07, 6.45) is -0.676. The summed E-state index contributed by atoms with van der Waals surface area (Å²) in [6.45, 7) is 1.82. The Hall–Kier alpha value is -0.160. The van der Waals surface area contributed by atoms with Gasteiger partial charge in [-0.15, -0.1) is 0 Å². The number of hydrogen-bond donors (Lipinski definition) is 4. The molecule has 0 aliphatic rings. The van der Waals surface area contributed by atoms with Crippen molar-refractivity contribution in [1.82, 2.24) is 0 Å². The molecule has 4 nitrogen and oxygen atoms in total. The van der Waals surface area contributed by atoms with E-state index in [0.29, 0.717) is 6.42 Å². The molecule has 0 aromatic rings. The van der Waals surface area contributed by atoms with Crippen LogP contribution in [0.3, 0.4) is 0 Å². The highest BCUT2D eigenvalue weighted by Gasteiger charge is 2.18. The molecule has 0 saturated carbocycles. The Morgan fingerprint density at radius 2 is 1.62 bits per heavy atom. The van der Waals surface area contributed by atoms with E-state index in [9.17, 15) is 15.3 Å². The second-order valence-corrected chi connectivity index (χ2v) is 3.33. The molecule has 0 aliphatic heterocycles. The van der Waals surface area contributed by atoms with Gasteiger partial charge in [0, 0.05) is 13.0 Å². The lowest BCUT2D eigenvalue weighted by atomic mass is 10.0. The minimum Gasteiger partial charge on any atom is -0.396 e. The highest BCUT2D eigenvalue weighted by molar-refractivity contribution is 4.70. The van der Waals surface area contributed by atoms with Gasteiger partial charge in [0.25, 0.3) is 0 Å². The Morgan fingerprint density at radius 1 is 1.00 bits per heavy atom. The zero-order chi connectivity index (χ0) is 10.3. The average Bonchev–Trinajstić information content (AvgIpc) is 2.05. The van der Waals surface area contributed by atoms with Crippen LogP contribution >= 0.6 is 0 Å². The first kappa shape index (κ1) is 12.8. The standard InChI is InChI=1S/C9H20O4/c1-2-3-8(12)9(13)6-7(11)4-5-10/h7-13H,2-6H2,1H3. The number of hydrogen-bond acceptors (Lipinski definition) is 4. The fraction of sp³-hybridized carbons (Fsp3) is 1.00. The Bertz CT molecular complexity index is 118. The molecule has 0 aliphatic carbocycles. The van der Waals surface area contributed by atoms with Crippen molar-refractivity contribution in [3.63, 3.8) is 0 Å². The monoisotopic (exact) mass is 192 g/mol. The maximum atomic E-state index is 9.35. The van der Waals surface area contributed by atoms with Crippen molar-refractivity contribution in [2.24, 2.45) is 0 Å². The van der Waals surface area contributed by atoms with Crippen LogP contribution in [0.2, 0.25) is 0 Å². The molecule has 4 N–H and O–H groups in total. The summed E-state index contributed by atoms with van der Waals surface area (Å²) in [7, 11) is 0. The Balaban J connectivity index is 3.64. The van der Waals surface area contributed by atoms with E-state index >= 15 is 0 Å².